The molecule has 5 heteroatoms. The van der Waals surface area contributed by atoms with Gasteiger partial charge in [-0.3, -0.25) is 0 Å². The van der Waals surface area contributed by atoms with E-state index in [0.717, 1.165) is 48.0 Å². The van der Waals surface area contributed by atoms with Gasteiger partial charge in [-0.2, -0.15) is 0 Å². The third-order valence-corrected chi connectivity index (χ3v) is 6.77. The minimum atomic E-state index is 0.539. The Bertz CT molecular complexity index is 746. The minimum Gasteiger partial charge on any atom is -0.381 e. The summed E-state index contributed by atoms with van der Waals surface area (Å²) in [6.45, 7) is 5.75. The van der Waals surface area contributed by atoms with Crippen molar-refractivity contribution < 1.29 is 4.74 Å². The number of ether oxygens (including phenoxy) is 1. The second-order valence-electron chi connectivity index (χ2n) is 8.78. The molecule has 1 aromatic heterocycles. The second kappa shape index (κ2) is 8.18. The van der Waals surface area contributed by atoms with Crippen LogP contribution in [-0.2, 0) is 4.74 Å². The van der Waals surface area contributed by atoms with Crippen molar-refractivity contribution in [2.75, 3.05) is 38.2 Å². The fourth-order valence-electron chi connectivity index (χ4n) is 5.34. The van der Waals surface area contributed by atoms with E-state index in [1.54, 1.807) is 0 Å². The Morgan fingerprint density at radius 2 is 1.68 bits per heavy atom. The van der Waals surface area contributed by atoms with Gasteiger partial charge < -0.3 is 15.0 Å². The molecule has 2 atom stereocenters. The molecule has 1 aromatic carbocycles. The molecule has 2 saturated heterocycles. The largest absolute Gasteiger partial charge is 0.381 e. The zero-order chi connectivity index (χ0) is 18.8. The molecule has 1 aliphatic carbocycles. The van der Waals surface area contributed by atoms with E-state index in [4.69, 9.17) is 4.74 Å². The molecule has 28 heavy (non-hydrogen) atoms. The van der Waals surface area contributed by atoms with Crippen molar-refractivity contribution in [3.05, 3.63) is 42.5 Å². The molecule has 1 saturated carbocycles. The number of hydrogen-bond acceptors (Lipinski definition) is 5. The van der Waals surface area contributed by atoms with Gasteiger partial charge in [0.15, 0.2) is 0 Å². The molecule has 2 aliphatic heterocycles. The van der Waals surface area contributed by atoms with Crippen LogP contribution in [0.5, 0.6) is 0 Å². The lowest BCUT2D eigenvalue weighted by Gasteiger charge is -2.27. The summed E-state index contributed by atoms with van der Waals surface area (Å²) in [7, 11) is 0. The first kappa shape index (κ1) is 18.1. The Balaban J connectivity index is 1.12. The molecule has 0 spiro atoms. The Morgan fingerprint density at radius 1 is 0.929 bits per heavy atom. The van der Waals surface area contributed by atoms with E-state index < -0.39 is 0 Å². The number of likely N-dealkylation sites (tertiary alicyclic amines) is 1. The molecule has 2 aromatic rings. The van der Waals surface area contributed by atoms with Crippen LogP contribution in [0, 0.1) is 17.8 Å². The topological polar surface area (TPSA) is 50.3 Å². The maximum atomic E-state index is 5.50. The highest BCUT2D eigenvalue weighted by Gasteiger charge is 2.41. The van der Waals surface area contributed by atoms with Gasteiger partial charge in [0, 0.05) is 44.5 Å². The average Bonchev–Trinajstić information content (AvgIpc) is 3.28. The Hall–Kier alpha value is -1.98. The van der Waals surface area contributed by atoms with Gasteiger partial charge in [0.1, 0.15) is 5.82 Å². The number of nitrogens with one attached hydrogen (secondary N) is 1. The predicted octanol–water partition coefficient (Wildman–Crippen LogP) is 3.69. The summed E-state index contributed by atoms with van der Waals surface area (Å²) in [4.78, 5) is 2.72. The van der Waals surface area contributed by atoms with Crippen molar-refractivity contribution in [2.45, 2.75) is 31.7 Å². The molecule has 1 N–H and O–H groups in total. The minimum absolute atomic E-state index is 0.539. The summed E-state index contributed by atoms with van der Waals surface area (Å²) in [5, 5.41) is 12.5. The highest BCUT2D eigenvalue weighted by Crippen LogP contribution is 2.39. The lowest BCUT2D eigenvalue weighted by molar-refractivity contribution is 0.0545. The molecule has 148 valence electrons. The summed E-state index contributed by atoms with van der Waals surface area (Å²) in [5.74, 6) is 3.44. The van der Waals surface area contributed by atoms with Crippen molar-refractivity contribution in [3.63, 3.8) is 0 Å². The molecular weight excluding hydrogens is 348 g/mol. The molecule has 2 unspecified atom stereocenters. The van der Waals surface area contributed by atoms with E-state index in [1.807, 2.05) is 18.2 Å². The van der Waals surface area contributed by atoms with Gasteiger partial charge in [0.25, 0.3) is 0 Å². The average molecular weight is 379 g/mol. The number of benzene rings is 1. The summed E-state index contributed by atoms with van der Waals surface area (Å²) >= 11 is 0. The number of nitrogens with zero attached hydrogens (tertiary/aromatic N) is 3. The van der Waals surface area contributed by atoms with Gasteiger partial charge >= 0.3 is 0 Å². The lowest BCUT2D eigenvalue weighted by Crippen LogP contribution is -2.32. The molecular formula is C23H30N4O. The monoisotopic (exact) mass is 378 g/mol. The number of hydrogen-bond donors (Lipinski definition) is 1. The zero-order valence-electron chi connectivity index (χ0n) is 16.5. The summed E-state index contributed by atoms with van der Waals surface area (Å²) in [6, 6.07) is 14.9. The molecule has 0 bridgehead atoms. The van der Waals surface area contributed by atoms with Crippen molar-refractivity contribution in [3.8, 4) is 11.3 Å². The van der Waals surface area contributed by atoms with Crippen molar-refractivity contribution in [1.82, 2.24) is 15.1 Å². The first-order valence-electron chi connectivity index (χ1n) is 10.8. The number of aromatic nitrogens is 2. The first-order valence-corrected chi connectivity index (χ1v) is 10.8. The van der Waals surface area contributed by atoms with E-state index in [9.17, 15) is 0 Å². The van der Waals surface area contributed by atoms with Gasteiger partial charge in [-0.25, -0.2) is 0 Å². The summed E-state index contributed by atoms with van der Waals surface area (Å²) in [5.41, 5.74) is 2.04. The maximum Gasteiger partial charge on any atom is 0.148 e. The Labute approximate surface area is 167 Å². The highest BCUT2D eigenvalue weighted by atomic mass is 16.5. The quantitative estimate of drug-likeness (QED) is 0.860. The smallest absolute Gasteiger partial charge is 0.148 e. The van der Waals surface area contributed by atoms with Crippen molar-refractivity contribution >= 4 is 5.82 Å². The zero-order valence-corrected chi connectivity index (χ0v) is 16.5. The van der Waals surface area contributed by atoms with Crippen molar-refractivity contribution in [1.29, 1.82) is 0 Å². The maximum absolute atomic E-state index is 5.50. The van der Waals surface area contributed by atoms with Crippen LogP contribution in [0.4, 0.5) is 5.82 Å². The third-order valence-electron chi connectivity index (χ3n) is 6.77. The SMILES string of the molecule is c1ccc(-c2ccc(NC3CC4CN(CC5CCOCC5)CC4C3)nn2)cc1. The van der Waals surface area contributed by atoms with Crippen LogP contribution in [0.15, 0.2) is 42.5 Å². The van der Waals surface area contributed by atoms with Gasteiger partial charge in [-0.05, 0) is 55.6 Å². The normalized spacial score (nSPS) is 28.4. The van der Waals surface area contributed by atoms with Crippen LogP contribution in [-0.4, -0.2) is 54.0 Å². The highest BCUT2D eigenvalue weighted by molar-refractivity contribution is 5.59. The van der Waals surface area contributed by atoms with Crippen LogP contribution < -0.4 is 5.32 Å². The van der Waals surface area contributed by atoms with Gasteiger partial charge in [0.2, 0.25) is 0 Å². The van der Waals surface area contributed by atoms with Crippen LogP contribution in [0.1, 0.15) is 25.7 Å². The third kappa shape index (κ3) is 4.06. The van der Waals surface area contributed by atoms with Gasteiger partial charge in [0.05, 0.1) is 5.69 Å². The number of fused-ring (bicyclic) bond motifs is 1. The predicted molar refractivity (Wildman–Crippen MR) is 111 cm³/mol. The molecule has 3 aliphatic rings. The van der Waals surface area contributed by atoms with E-state index in [2.05, 4.69) is 44.7 Å². The lowest BCUT2D eigenvalue weighted by atomic mass is 10.00. The fraction of sp³-hybridized carbons (Fsp3) is 0.565. The molecule has 5 rings (SSSR count). The molecule has 0 amide bonds. The van der Waals surface area contributed by atoms with E-state index in [-0.39, 0.29) is 0 Å². The molecule has 3 fully saturated rings. The Kier molecular flexibility index (Phi) is 5.28. The van der Waals surface area contributed by atoms with E-state index >= 15 is 0 Å². The second-order valence-corrected chi connectivity index (χ2v) is 8.78. The van der Waals surface area contributed by atoms with Crippen LogP contribution in [0.2, 0.25) is 0 Å². The summed E-state index contributed by atoms with van der Waals surface area (Å²) < 4.78 is 5.50. The van der Waals surface area contributed by atoms with E-state index in [1.165, 1.54) is 45.3 Å². The van der Waals surface area contributed by atoms with Crippen LogP contribution >= 0.6 is 0 Å². The molecule has 0 radical (unpaired) electrons. The van der Waals surface area contributed by atoms with Crippen LogP contribution in [0.25, 0.3) is 11.3 Å². The van der Waals surface area contributed by atoms with E-state index in [0.29, 0.717) is 6.04 Å². The van der Waals surface area contributed by atoms with Crippen molar-refractivity contribution in [2.24, 2.45) is 17.8 Å². The van der Waals surface area contributed by atoms with Crippen LogP contribution in [0.3, 0.4) is 0 Å². The molecule has 5 nitrogen and oxygen atoms in total. The number of anilines is 1. The molecule has 3 heterocycles. The first-order chi connectivity index (χ1) is 13.8. The standard InChI is InChI=1S/C23H30N4O/c1-2-4-18(5-3-1)22-6-7-23(26-25-22)24-21-12-19-15-27(16-20(19)13-21)14-17-8-10-28-11-9-17/h1-7,17,19-21H,8-16H2,(H,24,26). The number of rotatable bonds is 5. The summed E-state index contributed by atoms with van der Waals surface area (Å²) in [6.07, 6.45) is 5.01. The fourth-order valence-corrected chi connectivity index (χ4v) is 5.34. The van der Waals surface area contributed by atoms with Gasteiger partial charge in [-0.15, -0.1) is 10.2 Å². The van der Waals surface area contributed by atoms with Gasteiger partial charge in [-0.1, -0.05) is 30.3 Å². The Morgan fingerprint density at radius 3 is 2.36 bits per heavy atom.